The van der Waals surface area contributed by atoms with E-state index in [4.69, 9.17) is 20.9 Å². The summed E-state index contributed by atoms with van der Waals surface area (Å²) in [5.41, 5.74) is 2.43. The average Bonchev–Trinajstić information content (AvgIpc) is 3.20. The lowest BCUT2D eigenvalue weighted by Gasteiger charge is -2.04. The zero-order chi connectivity index (χ0) is 19.9. The second-order valence-electron chi connectivity index (χ2n) is 6.15. The van der Waals surface area contributed by atoms with Crippen molar-refractivity contribution in [3.63, 3.8) is 0 Å². The van der Waals surface area contributed by atoms with Crippen LogP contribution in [0.15, 0.2) is 53.1 Å². The smallest absolute Gasteiger partial charge is 0.306 e. The van der Waals surface area contributed by atoms with E-state index in [1.165, 1.54) is 0 Å². The molecule has 0 amide bonds. The highest BCUT2D eigenvalue weighted by atomic mass is 35.5. The maximum atomic E-state index is 12.1. The first kappa shape index (κ1) is 19.8. The highest BCUT2D eigenvalue weighted by molar-refractivity contribution is 6.30. The first-order valence-electron chi connectivity index (χ1n) is 8.91. The largest absolute Gasteiger partial charge is 0.457 e. The van der Waals surface area contributed by atoms with Crippen LogP contribution in [0.4, 0.5) is 0 Å². The molecule has 0 radical (unpaired) electrons. The summed E-state index contributed by atoms with van der Waals surface area (Å²) >= 11 is 5.85. The minimum absolute atomic E-state index is 0.0459. The number of aromatic nitrogens is 2. The average molecular weight is 399 g/mol. The Balaban J connectivity index is 1.46. The molecule has 3 rings (SSSR count). The van der Waals surface area contributed by atoms with Crippen molar-refractivity contribution in [1.82, 2.24) is 10.1 Å². The van der Waals surface area contributed by atoms with Gasteiger partial charge >= 0.3 is 5.97 Å². The van der Waals surface area contributed by atoms with Crippen LogP contribution in [0.1, 0.15) is 35.2 Å². The Morgan fingerprint density at radius 1 is 1.07 bits per heavy atom. The molecule has 0 aliphatic carbocycles. The van der Waals surface area contributed by atoms with E-state index < -0.39 is 5.97 Å². The number of hydrogen-bond acceptors (Lipinski definition) is 6. The molecule has 0 aliphatic heterocycles. The Kier molecular flexibility index (Phi) is 6.55. The van der Waals surface area contributed by atoms with Crippen LogP contribution in [0.25, 0.3) is 11.4 Å². The maximum Gasteiger partial charge on any atom is 0.306 e. The molecule has 0 aliphatic rings. The number of ether oxygens (including phenoxy) is 1. The molecule has 0 fully saturated rings. The Labute approximate surface area is 167 Å². The van der Waals surface area contributed by atoms with E-state index in [1.807, 2.05) is 19.1 Å². The molecule has 1 heterocycles. The van der Waals surface area contributed by atoms with Gasteiger partial charge < -0.3 is 9.26 Å². The quantitative estimate of drug-likeness (QED) is 0.415. The Bertz CT molecular complexity index is 949. The zero-order valence-corrected chi connectivity index (χ0v) is 16.1. The monoisotopic (exact) mass is 398 g/mol. The predicted molar refractivity (Wildman–Crippen MR) is 104 cm³/mol. The second kappa shape index (κ2) is 9.28. The van der Waals surface area contributed by atoms with Crippen molar-refractivity contribution in [2.24, 2.45) is 0 Å². The van der Waals surface area contributed by atoms with Crippen LogP contribution in [0, 0.1) is 0 Å². The minimum atomic E-state index is -0.496. The van der Waals surface area contributed by atoms with Crippen LogP contribution in [-0.2, 0) is 22.4 Å². The third-order valence-corrected chi connectivity index (χ3v) is 4.41. The number of aryl methyl sites for hydroxylation is 2. The van der Waals surface area contributed by atoms with Crippen molar-refractivity contribution in [1.29, 1.82) is 0 Å². The molecule has 2 aromatic carbocycles. The van der Waals surface area contributed by atoms with E-state index in [2.05, 4.69) is 10.1 Å². The summed E-state index contributed by atoms with van der Waals surface area (Å²) in [5, 5.41) is 4.50. The molecule has 1 aromatic heterocycles. The van der Waals surface area contributed by atoms with E-state index >= 15 is 0 Å². The third-order valence-electron chi connectivity index (χ3n) is 4.16. The van der Waals surface area contributed by atoms with Gasteiger partial charge in [0.05, 0.1) is 6.42 Å². The molecule has 0 atom stereocenters. The number of rotatable bonds is 8. The number of benzene rings is 2. The summed E-state index contributed by atoms with van der Waals surface area (Å²) in [6.45, 7) is 1.75. The number of halogens is 1. The number of carbonyl (C=O) groups excluding carboxylic acids is 2. The fourth-order valence-corrected chi connectivity index (χ4v) is 2.64. The van der Waals surface area contributed by atoms with Gasteiger partial charge in [-0.3, -0.25) is 9.59 Å². The summed E-state index contributed by atoms with van der Waals surface area (Å²) < 4.78 is 10.2. The fourth-order valence-electron chi connectivity index (χ4n) is 2.51. The van der Waals surface area contributed by atoms with Crippen molar-refractivity contribution < 1.29 is 18.8 Å². The first-order chi connectivity index (χ1) is 13.5. The van der Waals surface area contributed by atoms with Gasteiger partial charge in [0.2, 0.25) is 11.7 Å². The molecule has 28 heavy (non-hydrogen) atoms. The third kappa shape index (κ3) is 5.27. The summed E-state index contributed by atoms with van der Waals surface area (Å²) in [5.74, 6) is 0.0118. The summed E-state index contributed by atoms with van der Waals surface area (Å²) in [7, 11) is 0. The highest BCUT2D eigenvalue weighted by Crippen LogP contribution is 2.19. The highest BCUT2D eigenvalue weighted by Gasteiger charge is 2.13. The van der Waals surface area contributed by atoms with Gasteiger partial charge in [-0.15, -0.1) is 0 Å². The van der Waals surface area contributed by atoms with Gasteiger partial charge in [0, 0.05) is 22.6 Å². The van der Waals surface area contributed by atoms with Crippen molar-refractivity contribution in [3.05, 3.63) is 70.6 Å². The lowest BCUT2D eigenvalue weighted by molar-refractivity contribution is -0.142. The van der Waals surface area contributed by atoms with E-state index in [1.54, 1.807) is 36.4 Å². The molecule has 0 N–H and O–H groups in total. The molecular formula is C21H19ClN2O4. The van der Waals surface area contributed by atoms with Crippen LogP contribution >= 0.6 is 11.6 Å². The Morgan fingerprint density at radius 3 is 2.46 bits per heavy atom. The molecule has 144 valence electrons. The van der Waals surface area contributed by atoms with Gasteiger partial charge in [-0.2, -0.15) is 4.98 Å². The van der Waals surface area contributed by atoms with E-state index in [9.17, 15) is 9.59 Å². The standard InChI is InChI=1S/C21H19ClN2O4/c1-2-14-3-5-15(6-4-14)18(25)13-27-20(26)12-11-19-23-21(24-28-19)16-7-9-17(22)10-8-16/h3-10H,2,11-13H2,1H3. The Hall–Kier alpha value is -2.99. The lowest BCUT2D eigenvalue weighted by atomic mass is 10.1. The number of Topliss-reactive ketones (excluding diaryl/α,β-unsaturated/α-hetero) is 1. The van der Waals surface area contributed by atoms with Gasteiger partial charge in [0.25, 0.3) is 0 Å². The number of ketones is 1. The van der Waals surface area contributed by atoms with Gasteiger partial charge in [-0.1, -0.05) is 47.9 Å². The van der Waals surface area contributed by atoms with Crippen LogP contribution in [0.2, 0.25) is 5.02 Å². The van der Waals surface area contributed by atoms with Crippen molar-refractivity contribution in [2.45, 2.75) is 26.2 Å². The van der Waals surface area contributed by atoms with Crippen LogP contribution in [0.5, 0.6) is 0 Å². The fraction of sp³-hybridized carbons (Fsp3) is 0.238. The van der Waals surface area contributed by atoms with Crippen LogP contribution in [-0.4, -0.2) is 28.5 Å². The molecule has 7 heteroatoms. The number of carbonyl (C=O) groups is 2. The van der Waals surface area contributed by atoms with Crippen molar-refractivity contribution >= 4 is 23.4 Å². The topological polar surface area (TPSA) is 82.3 Å². The van der Waals surface area contributed by atoms with E-state index in [-0.39, 0.29) is 25.2 Å². The zero-order valence-electron chi connectivity index (χ0n) is 15.4. The molecule has 0 spiro atoms. The van der Waals surface area contributed by atoms with Gasteiger partial charge in [0.15, 0.2) is 12.4 Å². The van der Waals surface area contributed by atoms with E-state index in [0.717, 1.165) is 17.5 Å². The molecule has 0 bridgehead atoms. The summed E-state index contributed by atoms with van der Waals surface area (Å²) in [6.07, 6.45) is 1.18. The van der Waals surface area contributed by atoms with Gasteiger partial charge in [-0.05, 0) is 36.2 Å². The van der Waals surface area contributed by atoms with Crippen LogP contribution in [0.3, 0.4) is 0 Å². The molecular weight excluding hydrogens is 380 g/mol. The molecule has 3 aromatic rings. The minimum Gasteiger partial charge on any atom is -0.457 e. The number of hydrogen-bond donors (Lipinski definition) is 0. The van der Waals surface area contributed by atoms with E-state index in [0.29, 0.717) is 22.3 Å². The summed E-state index contributed by atoms with van der Waals surface area (Å²) in [4.78, 5) is 28.2. The maximum absolute atomic E-state index is 12.1. The van der Waals surface area contributed by atoms with Crippen molar-refractivity contribution in [3.8, 4) is 11.4 Å². The van der Waals surface area contributed by atoms with Gasteiger partial charge in [-0.25, -0.2) is 0 Å². The predicted octanol–water partition coefficient (Wildman–Crippen LogP) is 4.31. The SMILES string of the molecule is CCc1ccc(C(=O)COC(=O)CCc2nc(-c3ccc(Cl)cc3)no2)cc1. The van der Waals surface area contributed by atoms with Gasteiger partial charge in [0.1, 0.15) is 0 Å². The first-order valence-corrected chi connectivity index (χ1v) is 9.29. The Morgan fingerprint density at radius 2 is 1.79 bits per heavy atom. The summed E-state index contributed by atoms with van der Waals surface area (Å²) in [6, 6.07) is 14.3. The number of nitrogens with zero attached hydrogens (tertiary/aromatic N) is 2. The van der Waals surface area contributed by atoms with Crippen molar-refractivity contribution in [2.75, 3.05) is 6.61 Å². The van der Waals surface area contributed by atoms with Crippen LogP contribution < -0.4 is 0 Å². The molecule has 6 nitrogen and oxygen atoms in total. The number of esters is 1. The molecule has 0 unspecified atom stereocenters. The lowest BCUT2D eigenvalue weighted by Crippen LogP contribution is -2.14. The molecule has 0 saturated carbocycles. The molecule has 0 saturated heterocycles. The normalized spacial score (nSPS) is 10.6. The second-order valence-corrected chi connectivity index (χ2v) is 6.59.